The van der Waals surface area contributed by atoms with Crippen LogP contribution in [-0.2, 0) is 22.7 Å². The molecule has 0 aliphatic rings. The first-order valence-electron chi connectivity index (χ1n) is 7.59. The Morgan fingerprint density at radius 1 is 1.36 bits per heavy atom. The molecule has 0 aliphatic heterocycles. The Morgan fingerprint density at radius 2 is 2.12 bits per heavy atom. The molecule has 0 saturated heterocycles. The molecule has 2 heterocycles. The van der Waals surface area contributed by atoms with Gasteiger partial charge >= 0.3 is 5.97 Å². The van der Waals surface area contributed by atoms with E-state index in [4.69, 9.17) is 5.11 Å². The Balaban J connectivity index is 1.92. The summed E-state index contributed by atoms with van der Waals surface area (Å²) in [5, 5.41) is 23.4. The molecular weight excluding hydrogens is 346 g/mol. The van der Waals surface area contributed by atoms with Gasteiger partial charge in [0.1, 0.15) is 18.3 Å². The van der Waals surface area contributed by atoms with Crippen molar-refractivity contribution in [3.05, 3.63) is 34.3 Å². The van der Waals surface area contributed by atoms with Crippen LogP contribution in [0.3, 0.4) is 0 Å². The Kier molecular flexibility index (Phi) is 6.23. The highest BCUT2D eigenvalue weighted by Gasteiger charge is 2.25. The summed E-state index contributed by atoms with van der Waals surface area (Å²) >= 11 is 1.30. The quantitative estimate of drug-likeness (QED) is 0.625. The third kappa shape index (κ3) is 5.38. The van der Waals surface area contributed by atoms with E-state index in [1.54, 1.807) is 17.5 Å². The van der Waals surface area contributed by atoms with Crippen LogP contribution in [0.15, 0.2) is 23.7 Å². The lowest BCUT2D eigenvalue weighted by atomic mass is 10.0. The Hall–Kier alpha value is -2.75. The lowest BCUT2D eigenvalue weighted by Gasteiger charge is -2.21. The van der Waals surface area contributed by atoms with E-state index in [0.29, 0.717) is 10.6 Å². The minimum absolute atomic E-state index is 0.0938. The molecule has 1 unspecified atom stereocenters. The number of carboxylic acid groups (broad SMARTS) is 1. The van der Waals surface area contributed by atoms with Crippen LogP contribution in [0, 0.1) is 5.92 Å². The summed E-state index contributed by atoms with van der Waals surface area (Å²) < 4.78 is 1.17. The second-order valence-electron chi connectivity index (χ2n) is 5.69. The lowest BCUT2D eigenvalue weighted by Crippen LogP contribution is -2.49. The van der Waals surface area contributed by atoms with Crippen molar-refractivity contribution in [1.82, 2.24) is 25.6 Å². The number of hydrogen-bond acceptors (Lipinski definition) is 6. The number of nitrogens with zero attached hydrogens (tertiary/aromatic N) is 3. The molecule has 25 heavy (non-hydrogen) atoms. The standard InChI is InChI=1S/C15H19N5O4S/c1-9(2)13(17-14(23)11-4-3-5-25-11)15(24)16-6-10-7-20(19-18-10)8-12(21)22/h3-5,7,9,13H,6,8H2,1-2H3,(H,16,24)(H,17,23)(H,21,22). The second kappa shape index (κ2) is 8.38. The summed E-state index contributed by atoms with van der Waals surface area (Å²) in [5.41, 5.74) is 0.432. The van der Waals surface area contributed by atoms with E-state index in [1.165, 1.54) is 22.2 Å². The van der Waals surface area contributed by atoms with Crippen LogP contribution < -0.4 is 10.6 Å². The lowest BCUT2D eigenvalue weighted by molar-refractivity contribution is -0.138. The summed E-state index contributed by atoms with van der Waals surface area (Å²) in [6, 6.07) is 2.77. The first-order valence-corrected chi connectivity index (χ1v) is 8.47. The minimum atomic E-state index is -1.03. The summed E-state index contributed by atoms with van der Waals surface area (Å²) in [6.45, 7) is 3.47. The highest BCUT2D eigenvalue weighted by atomic mass is 32.1. The molecule has 2 aromatic heterocycles. The van der Waals surface area contributed by atoms with Gasteiger partial charge in [0, 0.05) is 0 Å². The molecule has 10 heteroatoms. The van der Waals surface area contributed by atoms with Crippen molar-refractivity contribution >= 4 is 29.1 Å². The maximum Gasteiger partial charge on any atom is 0.325 e. The maximum atomic E-state index is 12.4. The summed E-state index contributed by atoms with van der Waals surface area (Å²) in [6.07, 6.45) is 1.45. The van der Waals surface area contributed by atoms with E-state index in [1.807, 2.05) is 13.8 Å². The third-order valence-electron chi connectivity index (χ3n) is 3.31. The first-order chi connectivity index (χ1) is 11.9. The molecule has 0 bridgehead atoms. The van der Waals surface area contributed by atoms with E-state index < -0.39 is 12.0 Å². The molecule has 1 atom stereocenters. The monoisotopic (exact) mass is 365 g/mol. The van der Waals surface area contributed by atoms with Gasteiger partial charge in [-0.1, -0.05) is 25.1 Å². The van der Waals surface area contributed by atoms with Gasteiger partial charge in [-0.2, -0.15) is 0 Å². The zero-order valence-corrected chi connectivity index (χ0v) is 14.6. The van der Waals surface area contributed by atoms with Crippen LogP contribution in [0.2, 0.25) is 0 Å². The highest BCUT2D eigenvalue weighted by molar-refractivity contribution is 7.12. The molecule has 0 spiro atoms. The zero-order valence-electron chi connectivity index (χ0n) is 13.8. The van der Waals surface area contributed by atoms with Crippen LogP contribution in [0.25, 0.3) is 0 Å². The molecule has 3 N–H and O–H groups in total. The third-order valence-corrected chi connectivity index (χ3v) is 4.18. The van der Waals surface area contributed by atoms with Crippen molar-refractivity contribution in [1.29, 1.82) is 0 Å². The van der Waals surface area contributed by atoms with Gasteiger partial charge < -0.3 is 15.7 Å². The van der Waals surface area contributed by atoms with Crippen molar-refractivity contribution in [3.8, 4) is 0 Å². The van der Waals surface area contributed by atoms with Gasteiger partial charge in [0.15, 0.2) is 0 Å². The van der Waals surface area contributed by atoms with Gasteiger partial charge in [-0.25, -0.2) is 4.68 Å². The molecule has 2 rings (SSSR count). The van der Waals surface area contributed by atoms with Crippen molar-refractivity contribution in [2.24, 2.45) is 5.92 Å². The largest absolute Gasteiger partial charge is 0.480 e. The fraction of sp³-hybridized carbons (Fsp3) is 0.400. The Labute approximate surface area is 148 Å². The van der Waals surface area contributed by atoms with E-state index in [9.17, 15) is 14.4 Å². The number of thiophene rings is 1. The number of aromatic nitrogens is 3. The number of carbonyl (C=O) groups excluding carboxylic acids is 2. The smallest absolute Gasteiger partial charge is 0.325 e. The number of nitrogens with one attached hydrogen (secondary N) is 2. The zero-order chi connectivity index (χ0) is 18.4. The Morgan fingerprint density at radius 3 is 2.72 bits per heavy atom. The van der Waals surface area contributed by atoms with Crippen LogP contribution >= 0.6 is 11.3 Å². The predicted molar refractivity (Wildman–Crippen MR) is 89.9 cm³/mol. The molecule has 134 valence electrons. The summed E-state index contributed by atoms with van der Waals surface area (Å²) in [7, 11) is 0. The molecule has 0 fully saturated rings. The number of carboxylic acids is 1. The molecule has 0 aliphatic carbocycles. The fourth-order valence-electron chi connectivity index (χ4n) is 2.08. The topological polar surface area (TPSA) is 126 Å². The maximum absolute atomic E-state index is 12.4. The van der Waals surface area contributed by atoms with E-state index >= 15 is 0 Å². The highest BCUT2D eigenvalue weighted by Crippen LogP contribution is 2.10. The number of rotatable bonds is 8. The summed E-state index contributed by atoms with van der Waals surface area (Å²) in [4.78, 5) is 35.7. The van der Waals surface area contributed by atoms with Crippen molar-refractivity contribution in [2.45, 2.75) is 33.0 Å². The van der Waals surface area contributed by atoms with Crippen molar-refractivity contribution in [2.75, 3.05) is 0 Å². The average molecular weight is 365 g/mol. The molecule has 0 aromatic carbocycles. The number of carbonyl (C=O) groups is 3. The predicted octanol–water partition coefficient (Wildman–Crippen LogP) is 0.495. The van der Waals surface area contributed by atoms with Gasteiger partial charge in [0.25, 0.3) is 5.91 Å². The SMILES string of the molecule is CC(C)C(NC(=O)c1cccs1)C(=O)NCc1cn(CC(=O)O)nn1. The van der Waals surface area contributed by atoms with Gasteiger partial charge in [-0.3, -0.25) is 14.4 Å². The fourth-order valence-corrected chi connectivity index (χ4v) is 2.70. The van der Waals surface area contributed by atoms with Crippen molar-refractivity contribution in [3.63, 3.8) is 0 Å². The molecule has 2 aromatic rings. The molecule has 0 saturated carbocycles. The van der Waals surface area contributed by atoms with E-state index in [-0.39, 0.29) is 30.8 Å². The van der Waals surface area contributed by atoms with Gasteiger partial charge in [0.2, 0.25) is 5.91 Å². The number of hydrogen-bond donors (Lipinski definition) is 3. The van der Waals surface area contributed by atoms with E-state index in [2.05, 4.69) is 20.9 Å². The minimum Gasteiger partial charge on any atom is -0.480 e. The Bertz CT molecular complexity index is 741. The first kappa shape index (κ1) is 18.6. The van der Waals surface area contributed by atoms with Crippen LogP contribution in [-0.4, -0.2) is 43.9 Å². The van der Waals surface area contributed by atoms with Gasteiger partial charge in [-0.05, 0) is 17.4 Å². The van der Waals surface area contributed by atoms with Crippen molar-refractivity contribution < 1.29 is 19.5 Å². The van der Waals surface area contributed by atoms with Gasteiger partial charge in [-0.15, -0.1) is 16.4 Å². The average Bonchev–Trinajstić information content (AvgIpc) is 3.20. The van der Waals surface area contributed by atoms with Crippen LogP contribution in [0.4, 0.5) is 0 Å². The van der Waals surface area contributed by atoms with Crippen LogP contribution in [0.1, 0.15) is 29.2 Å². The van der Waals surface area contributed by atoms with Gasteiger partial charge in [0.05, 0.1) is 17.6 Å². The van der Waals surface area contributed by atoms with E-state index in [0.717, 1.165) is 0 Å². The van der Waals surface area contributed by atoms with Crippen LogP contribution in [0.5, 0.6) is 0 Å². The molecule has 0 radical (unpaired) electrons. The molecule has 9 nitrogen and oxygen atoms in total. The number of amides is 2. The summed E-state index contributed by atoms with van der Waals surface area (Å²) in [5.74, 6) is -1.77. The molecular formula is C15H19N5O4S. The molecule has 2 amide bonds. The normalized spacial score (nSPS) is 12.0. The number of aliphatic carboxylic acids is 1. The second-order valence-corrected chi connectivity index (χ2v) is 6.64.